The SMILES string of the molecule is Nc1ccc(NC(=O)c2cccc(O)c2)c(C(=O)O)c1. The quantitative estimate of drug-likeness (QED) is 0.638. The van der Waals surface area contributed by atoms with Gasteiger partial charge in [-0.2, -0.15) is 0 Å². The number of hydrogen-bond acceptors (Lipinski definition) is 4. The summed E-state index contributed by atoms with van der Waals surface area (Å²) in [6.45, 7) is 0. The van der Waals surface area contributed by atoms with E-state index in [-0.39, 0.29) is 28.3 Å². The first-order valence-electron chi connectivity index (χ1n) is 5.70. The molecule has 0 spiro atoms. The second-order valence-electron chi connectivity index (χ2n) is 4.11. The van der Waals surface area contributed by atoms with E-state index < -0.39 is 11.9 Å². The summed E-state index contributed by atoms with van der Waals surface area (Å²) in [7, 11) is 0. The Balaban J connectivity index is 2.30. The zero-order valence-corrected chi connectivity index (χ0v) is 10.3. The Bertz CT molecular complexity index is 683. The number of nitrogen functional groups attached to an aromatic ring is 1. The van der Waals surface area contributed by atoms with Gasteiger partial charge in [0.15, 0.2) is 0 Å². The van der Waals surface area contributed by atoms with Crippen LogP contribution in [0.1, 0.15) is 20.7 Å². The molecular weight excluding hydrogens is 260 g/mol. The molecule has 0 atom stereocenters. The van der Waals surface area contributed by atoms with Gasteiger partial charge in [0.2, 0.25) is 0 Å². The standard InChI is InChI=1S/C14H12N2O4/c15-9-4-5-12(11(7-9)14(19)20)16-13(18)8-2-1-3-10(17)6-8/h1-7,17H,15H2,(H,16,18)(H,19,20). The number of carbonyl (C=O) groups excluding carboxylic acids is 1. The summed E-state index contributed by atoms with van der Waals surface area (Å²) in [5.74, 6) is -1.76. The van der Waals surface area contributed by atoms with Gasteiger partial charge in [-0.05, 0) is 36.4 Å². The molecular formula is C14H12N2O4. The van der Waals surface area contributed by atoms with Crippen molar-refractivity contribution in [1.82, 2.24) is 0 Å². The second kappa shape index (κ2) is 5.31. The molecule has 0 fully saturated rings. The van der Waals surface area contributed by atoms with Crippen LogP contribution in [0.2, 0.25) is 0 Å². The Morgan fingerprint density at radius 1 is 1.10 bits per heavy atom. The lowest BCUT2D eigenvalue weighted by Crippen LogP contribution is -2.15. The number of nitrogens with one attached hydrogen (secondary N) is 1. The van der Waals surface area contributed by atoms with Gasteiger partial charge >= 0.3 is 5.97 Å². The highest BCUT2D eigenvalue weighted by Gasteiger charge is 2.14. The van der Waals surface area contributed by atoms with Crippen molar-refractivity contribution in [2.24, 2.45) is 0 Å². The van der Waals surface area contributed by atoms with Crippen LogP contribution in [0.3, 0.4) is 0 Å². The van der Waals surface area contributed by atoms with Gasteiger partial charge in [0.05, 0.1) is 11.3 Å². The van der Waals surface area contributed by atoms with Crippen LogP contribution in [0.15, 0.2) is 42.5 Å². The third kappa shape index (κ3) is 2.86. The zero-order valence-electron chi connectivity index (χ0n) is 10.3. The van der Waals surface area contributed by atoms with E-state index >= 15 is 0 Å². The number of phenols is 1. The normalized spacial score (nSPS) is 10.0. The summed E-state index contributed by atoms with van der Waals surface area (Å²) in [6, 6.07) is 9.91. The van der Waals surface area contributed by atoms with E-state index in [0.29, 0.717) is 0 Å². The molecule has 6 heteroatoms. The molecule has 0 radical (unpaired) electrons. The average molecular weight is 272 g/mol. The lowest BCUT2D eigenvalue weighted by atomic mass is 10.1. The van der Waals surface area contributed by atoms with E-state index in [1.807, 2.05) is 0 Å². The first kappa shape index (κ1) is 13.4. The van der Waals surface area contributed by atoms with Crippen molar-refractivity contribution < 1.29 is 19.8 Å². The van der Waals surface area contributed by atoms with Crippen LogP contribution >= 0.6 is 0 Å². The number of aromatic hydroxyl groups is 1. The molecule has 6 nitrogen and oxygen atoms in total. The van der Waals surface area contributed by atoms with Crippen LogP contribution in [0, 0.1) is 0 Å². The Labute approximate surface area is 114 Å². The maximum atomic E-state index is 12.0. The van der Waals surface area contributed by atoms with E-state index in [1.54, 1.807) is 0 Å². The van der Waals surface area contributed by atoms with E-state index in [1.165, 1.54) is 42.5 Å². The summed E-state index contributed by atoms with van der Waals surface area (Å²) in [5.41, 5.74) is 6.07. The molecule has 0 heterocycles. The fourth-order valence-electron chi connectivity index (χ4n) is 1.69. The fourth-order valence-corrected chi connectivity index (χ4v) is 1.69. The number of carboxylic acids is 1. The minimum Gasteiger partial charge on any atom is -0.508 e. The molecule has 5 N–H and O–H groups in total. The van der Waals surface area contributed by atoms with E-state index in [2.05, 4.69) is 5.32 Å². The first-order chi connectivity index (χ1) is 9.47. The minimum atomic E-state index is -1.19. The molecule has 0 unspecified atom stereocenters. The predicted octanol–water partition coefficient (Wildman–Crippen LogP) is 1.92. The van der Waals surface area contributed by atoms with Crippen molar-refractivity contribution in [2.45, 2.75) is 0 Å². The summed E-state index contributed by atoms with van der Waals surface area (Å²) in [4.78, 5) is 23.1. The first-order valence-corrected chi connectivity index (χ1v) is 5.70. The molecule has 0 bridgehead atoms. The van der Waals surface area contributed by atoms with Crippen molar-refractivity contribution in [1.29, 1.82) is 0 Å². The molecule has 0 aromatic heterocycles. The van der Waals surface area contributed by atoms with Crippen molar-refractivity contribution in [3.63, 3.8) is 0 Å². The maximum absolute atomic E-state index is 12.0. The monoisotopic (exact) mass is 272 g/mol. The minimum absolute atomic E-state index is 0.0478. The van der Waals surface area contributed by atoms with Gasteiger partial charge in [-0.1, -0.05) is 6.07 Å². The Morgan fingerprint density at radius 2 is 1.85 bits per heavy atom. The summed E-state index contributed by atoms with van der Waals surface area (Å²) in [6.07, 6.45) is 0. The number of anilines is 2. The number of benzene rings is 2. The smallest absolute Gasteiger partial charge is 0.337 e. The number of rotatable bonds is 3. The van der Waals surface area contributed by atoms with Crippen LogP contribution < -0.4 is 11.1 Å². The molecule has 102 valence electrons. The van der Waals surface area contributed by atoms with Crippen LogP contribution in [-0.2, 0) is 0 Å². The highest BCUT2D eigenvalue weighted by atomic mass is 16.4. The number of amides is 1. The lowest BCUT2D eigenvalue weighted by molar-refractivity contribution is 0.0698. The Morgan fingerprint density at radius 3 is 2.50 bits per heavy atom. The molecule has 2 aromatic carbocycles. The molecule has 0 aliphatic carbocycles. The van der Waals surface area contributed by atoms with Crippen molar-refractivity contribution in [2.75, 3.05) is 11.1 Å². The topological polar surface area (TPSA) is 113 Å². The van der Waals surface area contributed by atoms with Gasteiger partial charge in [0.1, 0.15) is 5.75 Å². The van der Waals surface area contributed by atoms with E-state index in [0.717, 1.165) is 0 Å². The van der Waals surface area contributed by atoms with Crippen molar-refractivity contribution >= 4 is 23.3 Å². The number of hydrogen-bond donors (Lipinski definition) is 4. The van der Waals surface area contributed by atoms with E-state index in [9.17, 15) is 14.7 Å². The molecule has 2 aromatic rings. The fraction of sp³-hybridized carbons (Fsp3) is 0. The van der Waals surface area contributed by atoms with Gasteiger partial charge in [-0.3, -0.25) is 4.79 Å². The predicted molar refractivity (Wildman–Crippen MR) is 73.9 cm³/mol. The van der Waals surface area contributed by atoms with Crippen molar-refractivity contribution in [3.05, 3.63) is 53.6 Å². The van der Waals surface area contributed by atoms with Crippen LogP contribution in [0.4, 0.5) is 11.4 Å². The second-order valence-corrected chi connectivity index (χ2v) is 4.11. The molecule has 1 amide bonds. The molecule has 0 saturated heterocycles. The Kier molecular flexibility index (Phi) is 3.56. The highest BCUT2D eigenvalue weighted by Crippen LogP contribution is 2.20. The highest BCUT2D eigenvalue weighted by molar-refractivity contribution is 6.08. The van der Waals surface area contributed by atoms with Gasteiger partial charge in [0.25, 0.3) is 5.91 Å². The largest absolute Gasteiger partial charge is 0.508 e. The van der Waals surface area contributed by atoms with Gasteiger partial charge < -0.3 is 21.3 Å². The van der Waals surface area contributed by atoms with Gasteiger partial charge in [-0.25, -0.2) is 4.79 Å². The number of nitrogens with two attached hydrogens (primary N) is 1. The number of carboxylic acid groups (broad SMARTS) is 1. The Hall–Kier alpha value is -3.02. The average Bonchev–Trinajstić information content (AvgIpc) is 2.40. The number of phenolic OH excluding ortho intramolecular Hbond substituents is 1. The third-order valence-electron chi connectivity index (χ3n) is 2.63. The molecule has 2 rings (SSSR count). The zero-order chi connectivity index (χ0) is 14.7. The number of aromatic carboxylic acids is 1. The molecule has 0 saturated carbocycles. The molecule has 0 aliphatic rings. The molecule has 20 heavy (non-hydrogen) atoms. The van der Waals surface area contributed by atoms with Crippen LogP contribution in [-0.4, -0.2) is 22.1 Å². The number of carbonyl (C=O) groups is 2. The summed E-state index contributed by atoms with van der Waals surface area (Å²) < 4.78 is 0. The van der Waals surface area contributed by atoms with Crippen LogP contribution in [0.5, 0.6) is 5.75 Å². The third-order valence-corrected chi connectivity index (χ3v) is 2.63. The summed E-state index contributed by atoms with van der Waals surface area (Å²) in [5, 5.41) is 20.9. The van der Waals surface area contributed by atoms with Crippen molar-refractivity contribution in [3.8, 4) is 5.75 Å². The summed E-state index contributed by atoms with van der Waals surface area (Å²) >= 11 is 0. The van der Waals surface area contributed by atoms with Crippen LogP contribution in [0.25, 0.3) is 0 Å². The van der Waals surface area contributed by atoms with Gasteiger partial charge in [0, 0.05) is 11.3 Å². The van der Waals surface area contributed by atoms with Gasteiger partial charge in [-0.15, -0.1) is 0 Å². The lowest BCUT2D eigenvalue weighted by Gasteiger charge is -2.09. The maximum Gasteiger partial charge on any atom is 0.337 e. The van der Waals surface area contributed by atoms with E-state index in [4.69, 9.17) is 10.8 Å². The molecule has 0 aliphatic heterocycles.